The van der Waals surface area contributed by atoms with Crippen molar-refractivity contribution >= 4 is 0 Å². The third kappa shape index (κ3) is 9.35. The van der Waals surface area contributed by atoms with Gasteiger partial charge in [-0.25, -0.2) is 0 Å². The average molecular weight is 540 g/mol. The van der Waals surface area contributed by atoms with Gasteiger partial charge in [-0.3, -0.25) is 0 Å². The van der Waals surface area contributed by atoms with E-state index in [0.29, 0.717) is 0 Å². The molecule has 0 unspecified atom stereocenters. The molecule has 24 heavy (non-hydrogen) atoms. The zero-order chi connectivity index (χ0) is 16.7. The summed E-state index contributed by atoms with van der Waals surface area (Å²) in [5, 5.41) is 0. The Kier molecular flexibility index (Phi) is 10.7. The van der Waals surface area contributed by atoms with Crippen LogP contribution in [0.25, 0.3) is 0 Å². The van der Waals surface area contributed by atoms with Crippen molar-refractivity contribution in [3.8, 4) is 19.7 Å². The van der Waals surface area contributed by atoms with Crippen LogP contribution in [0.15, 0.2) is 60.7 Å². The van der Waals surface area contributed by atoms with E-state index >= 15 is 0 Å². The quantitative estimate of drug-likeness (QED) is 0.245. The molecule has 0 nitrogen and oxygen atoms in total. The van der Waals surface area contributed by atoms with Gasteiger partial charge in [0.15, 0.2) is 7.85 Å². The van der Waals surface area contributed by atoms with E-state index in [1.54, 1.807) is 0 Å². The van der Waals surface area contributed by atoms with Gasteiger partial charge in [0.1, 0.15) is 0 Å². The fraction of sp³-hybridized carbons (Fsp3) is 0.273. The second kappa shape index (κ2) is 13.3. The van der Waals surface area contributed by atoms with Gasteiger partial charge in [0.25, 0.3) is 0 Å². The fourth-order valence-electron chi connectivity index (χ4n) is 2.01. The summed E-state index contributed by atoms with van der Waals surface area (Å²) in [6, 6.07) is 21.3. The lowest BCUT2D eigenvalue weighted by Crippen LogP contribution is -3.59. The van der Waals surface area contributed by atoms with Crippen molar-refractivity contribution in [1.29, 1.82) is 0 Å². The number of hydrogen-bond acceptors (Lipinski definition) is 0. The monoisotopic (exact) mass is 540 g/mol. The maximum atomic E-state index is 3.38. The molecule has 2 aromatic carbocycles. The van der Waals surface area contributed by atoms with E-state index in [-0.39, 0.29) is 42.4 Å². The summed E-state index contributed by atoms with van der Waals surface area (Å²) in [4.78, 5) is 0. The van der Waals surface area contributed by atoms with Crippen LogP contribution in [0.1, 0.15) is 38.5 Å². The van der Waals surface area contributed by atoms with E-state index in [9.17, 15) is 0 Å². The molecule has 0 bridgehead atoms. The standard InChI is InChI=1S/C22H22I2/c1(3-5-13-19-23-21-15-9-7-10-16-21)2-4-6-14-20-24-22-17-11-8-12-18-22/h7-12,15-18H,1-6H2/q+2. The van der Waals surface area contributed by atoms with Crippen LogP contribution in [0.4, 0.5) is 0 Å². The molecule has 0 saturated heterocycles. The van der Waals surface area contributed by atoms with Crippen molar-refractivity contribution in [2.75, 3.05) is 0 Å². The van der Waals surface area contributed by atoms with Gasteiger partial charge in [0.05, 0.1) is 0 Å². The van der Waals surface area contributed by atoms with Gasteiger partial charge in [-0.05, 0) is 48.9 Å². The molecule has 2 aromatic rings. The minimum Gasteiger partial charge on any atom is -0.0619 e. The molecule has 2 rings (SSSR count). The smallest absolute Gasteiger partial charge is 0.0619 e. The number of rotatable bonds is 7. The summed E-state index contributed by atoms with van der Waals surface area (Å²) in [5.74, 6) is 6.68. The molecular weight excluding hydrogens is 518 g/mol. The molecule has 0 aromatic heterocycles. The molecule has 2 heteroatoms. The highest BCUT2D eigenvalue weighted by Crippen LogP contribution is 2.03. The molecule has 0 aliphatic carbocycles. The van der Waals surface area contributed by atoms with Gasteiger partial charge in [0.2, 0.25) is 7.14 Å². The molecule has 0 amide bonds. The van der Waals surface area contributed by atoms with Gasteiger partial charge in [-0.1, -0.05) is 49.2 Å². The minimum atomic E-state index is -0.106. The number of halogens is 2. The van der Waals surface area contributed by atoms with Crippen LogP contribution in [-0.2, 0) is 0 Å². The summed E-state index contributed by atoms with van der Waals surface area (Å²) in [6.45, 7) is 0. The predicted molar refractivity (Wildman–Crippen MR) is 93.5 cm³/mol. The zero-order valence-electron chi connectivity index (χ0n) is 13.8. The van der Waals surface area contributed by atoms with E-state index < -0.39 is 0 Å². The topological polar surface area (TPSA) is 0 Å². The minimum absolute atomic E-state index is 0.106. The van der Waals surface area contributed by atoms with E-state index in [4.69, 9.17) is 0 Å². The van der Waals surface area contributed by atoms with Crippen molar-refractivity contribution in [1.82, 2.24) is 0 Å². The first-order valence-electron chi connectivity index (χ1n) is 8.28. The van der Waals surface area contributed by atoms with Gasteiger partial charge >= 0.3 is 42.4 Å². The van der Waals surface area contributed by atoms with Crippen molar-refractivity contribution in [2.24, 2.45) is 0 Å². The first-order valence-corrected chi connectivity index (χ1v) is 12.6. The third-order valence-corrected chi connectivity index (χ3v) is 7.25. The lowest BCUT2D eigenvalue weighted by molar-refractivity contribution is -0.535. The maximum absolute atomic E-state index is 3.38. The molecule has 0 N–H and O–H groups in total. The van der Waals surface area contributed by atoms with Gasteiger partial charge < -0.3 is 0 Å². The van der Waals surface area contributed by atoms with Crippen LogP contribution >= 0.6 is 0 Å². The number of benzene rings is 2. The molecule has 0 atom stereocenters. The first-order chi connectivity index (χ1) is 11.9. The fourth-order valence-corrected chi connectivity index (χ4v) is 5.10. The van der Waals surface area contributed by atoms with Crippen molar-refractivity contribution < 1.29 is 42.4 Å². The van der Waals surface area contributed by atoms with Crippen molar-refractivity contribution in [2.45, 2.75) is 38.5 Å². The Bertz CT molecular complexity index is 621. The normalized spacial score (nSPS) is 9.50. The van der Waals surface area contributed by atoms with Gasteiger partial charge in [-0.2, -0.15) is 0 Å². The first kappa shape index (κ1) is 19.3. The Hall–Kier alpha value is -0.980. The van der Waals surface area contributed by atoms with E-state index in [2.05, 4.69) is 80.4 Å². The summed E-state index contributed by atoms with van der Waals surface area (Å²) in [7, 11) is 0. The lowest BCUT2D eigenvalue weighted by Gasteiger charge is -1.93. The SMILES string of the molecule is C(#C[I+]c1ccccc1)CCCCCCC#C[I+]c1ccccc1. The molecule has 0 spiro atoms. The third-order valence-electron chi connectivity index (χ3n) is 3.27. The van der Waals surface area contributed by atoms with E-state index in [0.717, 1.165) is 12.8 Å². The van der Waals surface area contributed by atoms with Crippen LogP contribution < -0.4 is 42.4 Å². The summed E-state index contributed by atoms with van der Waals surface area (Å²) < 4.78 is 9.59. The van der Waals surface area contributed by atoms with Gasteiger partial charge in [-0.15, -0.1) is 0 Å². The highest BCUT2D eigenvalue weighted by atomic mass is 127. The molecule has 0 heterocycles. The molecule has 0 saturated carbocycles. The highest BCUT2D eigenvalue weighted by molar-refractivity contribution is 5.01. The van der Waals surface area contributed by atoms with Crippen LogP contribution in [-0.4, -0.2) is 0 Å². The average Bonchev–Trinajstić information content (AvgIpc) is 2.64. The maximum Gasteiger partial charge on any atom is 0.419 e. The lowest BCUT2D eigenvalue weighted by atomic mass is 10.1. The second-order valence-corrected chi connectivity index (χ2v) is 9.89. The van der Waals surface area contributed by atoms with Crippen LogP contribution in [0.5, 0.6) is 0 Å². The highest BCUT2D eigenvalue weighted by Gasteiger charge is 2.06. The van der Waals surface area contributed by atoms with Crippen LogP contribution in [0.3, 0.4) is 0 Å². The Balaban J connectivity index is 1.45. The van der Waals surface area contributed by atoms with Crippen LogP contribution in [0.2, 0.25) is 0 Å². The Morgan fingerprint density at radius 2 is 0.958 bits per heavy atom. The molecule has 0 aliphatic heterocycles. The summed E-state index contributed by atoms with van der Waals surface area (Å²) in [6.07, 6.45) is 7.14. The summed E-state index contributed by atoms with van der Waals surface area (Å²) in [5.41, 5.74) is 0. The Morgan fingerprint density at radius 3 is 1.38 bits per heavy atom. The second-order valence-electron chi connectivity index (χ2n) is 5.24. The molecular formula is C22H22I2+2. The Labute approximate surface area is 167 Å². The number of hydrogen-bond donors (Lipinski definition) is 0. The van der Waals surface area contributed by atoms with Crippen LogP contribution in [0, 0.1) is 26.8 Å². The molecule has 0 fully saturated rings. The zero-order valence-corrected chi connectivity index (χ0v) is 18.1. The van der Waals surface area contributed by atoms with E-state index in [1.807, 2.05) is 0 Å². The largest absolute Gasteiger partial charge is 0.419 e. The Morgan fingerprint density at radius 1 is 0.542 bits per heavy atom. The molecule has 122 valence electrons. The van der Waals surface area contributed by atoms with Crippen molar-refractivity contribution in [3.05, 3.63) is 67.8 Å². The number of unbranched alkanes of at least 4 members (excludes halogenated alkanes) is 5. The summed E-state index contributed by atoms with van der Waals surface area (Å²) >= 11 is -0.212. The van der Waals surface area contributed by atoms with Gasteiger partial charge in [0, 0.05) is 12.8 Å². The molecule has 0 radical (unpaired) electrons. The predicted octanol–water partition coefficient (Wildman–Crippen LogP) is -0.834. The molecule has 0 aliphatic rings. The van der Waals surface area contributed by atoms with E-state index in [1.165, 1.54) is 32.8 Å². The van der Waals surface area contributed by atoms with Crippen molar-refractivity contribution in [3.63, 3.8) is 0 Å².